The molecule has 2 aromatic heterocycles. The van der Waals surface area contributed by atoms with Gasteiger partial charge in [-0.1, -0.05) is 34.6 Å². The van der Waals surface area contributed by atoms with Crippen LogP contribution in [0.4, 0.5) is 0 Å². The van der Waals surface area contributed by atoms with Gasteiger partial charge in [-0.25, -0.2) is 9.97 Å². The van der Waals surface area contributed by atoms with Gasteiger partial charge in [0.25, 0.3) is 0 Å². The predicted molar refractivity (Wildman–Crippen MR) is 75.0 cm³/mol. The van der Waals surface area contributed by atoms with Gasteiger partial charge in [0.1, 0.15) is 12.2 Å². The number of aryl methyl sites for hydroxylation is 1. The summed E-state index contributed by atoms with van der Waals surface area (Å²) in [5, 5.41) is 6.95. The molecule has 0 saturated heterocycles. The maximum Gasteiger partial charge on any atom is 0.155 e. The number of nitrogens with zero attached hydrogens (tertiary/aromatic N) is 3. The second kappa shape index (κ2) is 4.79. The summed E-state index contributed by atoms with van der Waals surface area (Å²) in [6, 6.07) is 0. The summed E-state index contributed by atoms with van der Waals surface area (Å²) in [5.41, 5.74) is 1.15. The number of hydrogen-bond acceptors (Lipinski definition) is 3. The Morgan fingerprint density at radius 1 is 1.16 bits per heavy atom. The zero-order valence-corrected chi connectivity index (χ0v) is 12.4. The number of aromatic nitrogens is 5. The SMILES string of the molecule is CC(C)(C)c1c[nH]c(CCC(C)(C)c2nc[nH]n2)n1. The number of H-pyrrole nitrogens is 2. The molecule has 0 bridgehead atoms. The molecule has 0 unspecified atom stereocenters. The quantitative estimate of drug-likeness (QED) is 0.889. The van der Waals surface area contributed by atoms with Gasteiger partial charge in [0.15, 0.2) is 5.82 Å². The number of hydrogen-bond donors (Lipinski definition) is 2. The Balaban J connectivity index is 2.01. The molecule has 0 aliphatic rings. The molecule has 0 amide bonds. The molecule has 0 saturated carbocycles. The third-order valence-electron chi connectivity index (χ3n) is 3.41. The van der Waals surface area contributed by atoms with Gasteiger partial charge in [0, 0.05) is 23.4 Å². The molecule has 0 aliphatic carbocycles. The first kappa shape index (κ1) is 13.8. The van der Waals surface area contributed by atoms with Gasteiger partial charge < -0.3 is 4.98 Å². The number of aromatic amines is 2. The summed E-state index contributed by atoms with van der Waals surface area (Å²) in [5.74, 6) is 1.89. The van der Waals surface area contributed by atoms with Crippen LogP contribution in [-0.2, 0) is 17.3 Å². The first-order chi connectivity index (χ1) is 8.79. The maximum absolute atomic E-state index is 4.66. The predicted octanol–water partition coefficient (Wildman–Crippen LogP) is 2.74. The van der Waals surface area contributed by atoms with Crippen molar-refractivity contribution in [2.45, 2.75) is 58.3 Å². The molecule has 0 aliphatic heterocycles. The number of nitrogens with one attached hydrogen (secondary N) is 2. The molecule has 0 spiro atoms. The van der Waals surface area contributed by atoms with Crippen LogP contribution in [0.15, 0.2) is 12.5 Å². The molecular weight excluding hydrogens is 238 g/mol. The first-order valence-electron chi connectivity index (χ1n) is 6.70. The van der Waals surface area contributed by atoms with Crippen LogP contribution in [0.3, 0.4) is 0 Å². The lowest BCUT2D eigenvalue weighted by atomic mass is 9.87. The van der Waals surface area contributed by atoms with Crippen LogP contribution in [0.1, 0.15) is 58.4 Å². The van der Waals surface area contributed by atoms with E-state index in [0.29, 0.717) is 0 Å². The van der Waals surface area contributed by atoms with Crippen LogP contribution in [0, 0.1) is 0 Å². The molecule has 0 fully saturated rings. The van der Waals surface area contributed by atoms with Crippen molar-refractivity contribution in [2.75, 3.05) is 0 Å². The zero-order chi connectivity index (χ0) is 14.1. The molecule has 2 aromatic rings. The summed E-state index contributed by atoms with van der Waals surface area (Å²) in [6.45, 7) is 10.8. The average molecular weight is 261 g/mol. The molecule has 5 heteroatoms. The molecule has 2 N–H and O–H groups in total. The van der Waals surface area contributed by atoms with Crippen LogP contribution < -0.4 is 0 Å². The van der Waals surface area contributed by atoms with Crippen LogP contribution in [-0.4, -0.2) is 25.1 Å². The molecule has 0 atom stereocenters. The average Bonchev–Trinajstić information content (AvgIpc) is 2.97. The van der Waals surface area contributed by atoms with Gasteiger partial charge in [-0.2, -0.15) is 5.10 Å². The van der Waals surface area contributed by atoms with Crippen LogP contribution >= 0.6 is 0 Å². The lowest BCUT2D eigenvalue weighted by molar-refractivity contribution is 0.447. The van der Waals surface area contributed by atoms with E-state index in [0.717, 1.165) is 30.2 Å². The molecular formula is C14H23N5. The van der Waals surface area contributed by atoms with E-state index >= 15 is 0 Å². The lowest BCUT2D eigenvalue weighted by Gasteiger charge is -2.20. The smallest absolute Gasteiger partial charge is 0.155 e. The van der Waals surface area contributed by atoms with Crippen molar-refractivity contribution < 1.29 is 0 Å². The van der Waals surface area contributed by atoms with E-state index in [2.05, 4.69) is 59.8 Å². The van der Waals surface area contributed by atoms with Crippen molar-refractivity contribution in [1.29, 1.82) is 0 Å². The van der Waals surface area contributed by atoms with Crippen LogP contribution in [0.2, 0.25) is 0 Å². The molecule has 104 valence electrons. The van der Waals surface area contributed by atoms with E-state index in [1.807, 2.05) is 6.20 Å². The highest BCUT2D eigenvalue weighted by Crippen LogP contribution is 2.25. The standard InChI is InChI=1S/C14H23N5/c1-13(2,3)10-8-15-11(18-10)6-7-14(4,5)12-16-9-17-19-12/h8-9H,6-7H2,1-5H3,(H,15,18)(H,16,17,19). The van der Waals surface area contributed by atoms with Crippen molar-refractivity contribution in [3.8, 4) is 0 Å². The summed E-state index contributed by atoms with van der Waals surface area (Å²) in [6.07, 6.45) is 5.50. The Morgan fingerprint density at radius 2 is 1.89 bits per heavy atom. The van der Waals surface area contributed by atoms with Gasteiger partial charge in [-0.05, 0) is 6.42 Å². The largest absolute Gasteiger partial charge is 0.348 e. The van der Waals surface area contributed by atoms with Crippen molar-refractivity contribution >= 4 is 0 Å². The topological polar surface area (TPSA) is 70.2 Å². The third kappa shape index (κ3) is 3.22. The van der Waals surface area contributed by atoms with Gasteiger partial charge in [-0.3, -0.25) is 5.10 Å². The maximum atomic E-state index is 4.66. The Hall–Kier alpha value is -1.65. The highest BCUT2D eigenvalue weighted by Gasteiger charge is 2.25. The summed E-state index contributed by atoms with van der Waals surface area (Å²) in [7, 11) is 0. The molecule has 2 rings (SSSR count). The molecule has 19 heavy (non-hydrogen) atoms. The Morgan fingerprint density at radius 3 is 2.42 bits per heavy atom. The first-order valence-corrected chi connectivity index (χ1v) is 6.70. The van der Waals surface area contributed by atoms with Gasteiger partial charge in [0.05, 0.1) is 5.69 Å². The Labute approximate surface area is 114 Å². The number of rotatable bonds is 4. The minimum absolute atomic E-state index is 0.0469. The molecule has 0 radical (unpaired) electrons. The fourth-order valence-corrected chi connectivity index (χ4v) is 1.95. The minimum Gasteiger partial charge on any atom is -0.348 e. The van der Waals surface area contributed by atoms with E-state index in [1.54, 1.807) is 6.33 Å². The zero-order valence-electron chi connectivity index (χ0n) is 12.4. The van der Waals surface area contributed by atoms with E-state index < -0.39 is 0 Å². The lowest BCUT2D eigenvalue weighted by Crippen LogP contribution is -2.20. The van der Waals surface area contributed by atoms with E-state index in [9.17, 15) is 0 Å². The van der Waals surface area contributed by atoms with Gasteiger partial charge >= 0.3 is 0 Å². The Bertz CT molecular complexity index is 516. The second-order valence-corrected chi connectivity index (χ2v) is 6.69. The molecule has 5 nitrogen and oxygen atoms in total. The van der Waals surface area contributed by atoms with Crippen LogP contribution in [0.25, 0.3) is 0 Å². The normalized spacial score (nSPS) is 12.9. The highest BCUT2D eigenvalue weighted by molar-refractivity contribution is 5.12. The van der Waals surface area contributed by atoms with E-state index in [-0.39, 0.29) is 10.8 Å². The summed E-state index contributed by atoms with van der Waals surface area (Å²) >= 11 is 0. The van der Waals surface area contributed by atoms with Crippen molar-refractivity contribution in [3.05, 3.63) is 29.9 Å². The summed E-state index contributed by atoms with van der Waals surface area (Å²) < 4.78 is 0. The molecule has 0 aromatic carbocycles. The monoisotopic (exact) mass is 261 g/mol. The van der Waals surface area contributed by atoms with Crippen LogP contribution in [0.5, 0.6) is 0 Å². The Kier molecular flexibility index (Phi) is 3.47. The van der Waals surface area contributed by atoms with Gasteiger partial charge in [-0.15, -0.1) is 0 Å². The van der Waals surface area contributed by atoms with E-state index in [1.165, 1.54) is 0 Å². The van der Waals surface area contributed by atoms with Crippen molar-refractivity contribution in [3.63, 3.8) is 0 Å². The fraction of sp³-hybridized carbons (Fsp3) is 0.643. The molecule has 2 heterocycles. The van der Waals surface area contributed by atoms with Crippen molar-refractivity contribution in [1.82, 2.24) is 25.1 Å². The van der Waals surface area contributed by atoms with Gasteiger partial charge in [0.2, 0.25) is 0 Å². The third-order valence-corrected chi connectivity index (χ3v) is 3.41. The second-order valence-electron chi connectivity index (χ2n) is 6.69. The van der Waals surface area contributed by atoms with Crippen molar-refractivity contribution in [2.24, 2.45) is 0 Å². The fourth-order valence-electron chi connectivity index (χ4n) is 1.95. The summed E-state index contributed by atoms with van der Waals surface area (Å²) in [4.78, 5) is 12.2. The van der Waals surface area contributed by atoms with E-state index in [4.69, 9.17) is 0 Å². The highest BCUT2D eigenvalue weighted by atomic mass is 15.2. The minimum atomic E-state index is -0.0469. The number of imidazole rings is 1.